The molecule has 1 amide bonds. The third-order valence-corrected chi connectivity index (χ3v) is 8.05. The predicted molar refractivity (Wildman–Crippen MR) is 109 cm³/mol. The number of aromatic nitrogens is 2. The maximum absolute atomic E-state index is 14.4. The molecule has 0 radical (unpaired) electrons. The average molecular weight is 429 g/mol. The van der Waals surface area contributed by atoms with Gasteiger partial charge in [0.15, 0.2) is 0 Å². The topological polar surface area (TPSA) is 75.6 Å². The Morgan fingerprint density at radius 2 is 1.94 bits per heavy atom. The van der Waals surface area contributed by atoms with Crippen LogP contribution in [-0.2, 0) is 10.2 Å². The van der Waals surface area contributed by atoms with Gasteiger partial charge in [-0.15, -0.1) is 5.10 Å². The lowest BCUT2D eigenvalue weighted by molar-refractivity contribution is -0.157. The van der Waals surface area contributed by atoms with Crippen LogP contribution in [-0.4, -0.2) is 51.6 Å². The molecule has 2 fully saturated rings. The Morgan fingerprint density at radius 3 is 2.61 bits per heavy atom. The zero-order valence-electron chi connectivity index (χ0n) is 17.8. The van der Waals surface area contributed by atoms with Gasteiger partial charge in [0.1, 0.15) is 11.6 Å². The molecule has 2 bridgehead atoms. The quantitative estimate of drug-likeness (QED) is 0.768. The van der Waals surface area contributed by atoms with Crippen molar-refractivity contribution in [2.24, 2.45) is 5.41 Å². The smallest absolute Gasteiger partial charge is 0.407 e. The summed E-state index contributed by atoms with van der Waals surface area (Å²) in [6, 6.07) is 5.51. The molecule has 1 N–H and O–H groups in total. The first-order valence-electron chi connectivity index (χ1n) is 10.6. The first-order valence-corrected chi connectivity index (χ1v) is 10.6. The van der Waals surface area contributed by atoms with E-state index in [2.05, 4.69) is 24.0 Å². The first kappa shape index (κ1) is 20.3. The Balaban J connectivity index is 1.66. The van der Waals surface area contributed by atoms with Crippen molar-refractivity contribution in [3.63, 3.8) is 0 Å². The number of rotatable bonds is 2. The van der Waals surface area contributed by atoms with E-state index < -0.39 is 28.7 Å². The molecular formula is C23H25F2N3O3. The fraction of sp³-hybridized carbons (Fsp3) is 0.522. The van der Waals surface area contributed by atoms with Crippen LogP contribution in [0.2, 0.25) is 0 Å². The Hall–Kier alpha value is -2.61. The molecule has 2 aromatic rings. The molecule has 1 aromatic heterocycles. The highest BCUT2D eigenvalue weighted by atomic mass is 19.1. The second-order valence-corrected chi connectivity index (χ2v) is 9.63. The molecule has 1 saturated carbocycles. The first-order chi connectivity index (χ1) is 14.6. The van der Waals surface area contributed by atoms with E-state index in [0.717, 1.165) is 24.1 Å². The Kier molecular flexibility index (Phi) is 4.22. The van der Waals surface area contributed by atoms with Gasteiger partial charge in [-0.25, -0.2) is 13.6 Å². The van der Waals surface area contributed by atoms with Crippen LogP contribution in [0.1, 0.15) is 50.8 Å². The van der Waals surface area contributed by atoms with E-state index in [1.807, 2.05) is 6.92 Å². The molecule has 164 valence electrons. The van der Waals surface area contributed by atoms with Gasteiger partial charge in [0.05, 0.1) is 41.1 Å². The Bertz CT molecular complexity index is 1070. The number of carbonyl (C=O) groups is 1. The van der Waals surface area contributed by atoms with E-state index in [0.29, 0.717) is 13.2 Å². The van der Waals surface area contributed by atoms with E-state index >= 15 is 0 Å². The minimum atomic E-state index is -0.965. The van der Waals surface area contributed by atoms with Crippen LogP contribution in [0, 0.1) is 17.0 Å². The lowest BCUT2D eigenvalue weighted by Gasteiger charge is -2.54. The van der Waals surface area contributed by atoms with Crippen molar-refractivity contribution in [3.05, 3.63) is 47.2 Å². The zero-order chi connectivity index (χ0) is 22.2. The average Bonchev–Trinajstić information content (AvgIpc) is 3.10. The van der Waals surface area contributed by atoms with Crippen LogP contribution in [0.25, 0.3) is 11.3 Å². The second kappa shape index (κ2) is 6.45. The lowest BCUT2D eigenvalue weighted by atomic mass is 9.59. The number of hydrogen-bond donors (Lipinski definition) is 1. The molecule has 1 aliphatic heterocycles. The number of benzene rings is 1. The summed E-state index contributed by atoms with van der Waals surface area (Å²) in [5.41, 5.74) is 0.0802. The summed E-state index contributed by atoms with van der Waals surface area (Å²) in [5.74, 6) is -1.23. The molecular weight excluding hydrogens is 404 g/mol. The van der Waals surface area contributed by atoms with Gasteiger partial charge in [-0.3, -0.25) is 0 Å². The van der Waals surface area contributed by atoms with Gasteiger partial charge in [0, 0.05) is 6.54 Å². The summed E-state index contributed by atoms with van der Waals surface area (Å²) >= 11 is 0. The summed E-state index contributed by atoms with van der Waals surface area (Å²) < 4.78 is 35.1. The lowest BCUT2D eigenvalue weighted by Crippen LogP contribution is -2.64. The van der Waals surface area contributed by atoms with Gasteiger partial charge in [0.25, 0.3) is 0 Å². The molecule has 0 unspecified atom stereocenters. The molecule has 1 saturated heterocycles. The minimum absolute atomic E-state index is 0.118. The number of morpholine rings is 1. The van der Waals surface area contributed by atoms with Crippen molar-refractivity contribution >= 4 is 6.09 Å². The Morgan fingerprint density at radius 1 is 1.23 bits per heavy atom. The van der Waals surface area contributed by atoms with Gasteiger partial charge in [-0.2, -0.15) is 5.10 Å². The van der Waals surface area contributed by atoms with Crippen LogP contribution >= 0.6 is 0 Å². The van der Waals surface area contributed by atoms with Crippen molar-refractivity contribution in [1.29, 1.82) is 0 Å². The highest BCUT2D eigenvalue weighted by Crippen LogP contribution is 2.71. The van der Waals surface area contributed by atoms with E-state index in [9.17, 15) is 18.7 Å². The SMILES string of the molecule is CC1(C)[C@H]2CC[C@]1([C@]1(C)CN(C(=O)O)CCO1)c1nnc(-c3c(F)cccc3F)cc12. The fourth-order valence-electron chi connectivity index (χ4n) is 6.67. The molecule has 31 heavy (non-hydrogen) atoms. The standard InChI is InChI=1S/C23H25F2N3O3/c1-21(2)14-7-8-23(21,22(3)12-28(20(29)30)9-10-31-22)19-13(14)11-17(26-27-19)18-15(24)5-4-6-16(18)25/h4-6,11,14H,7-10,12H2,1-3H3,(H,29,30)/t14-,22-,23-/m0/s1. The molecule has 1 aromatic carbocycles. The largest absolute Gasteiger partial charge is 0.465 e. The summed E-state index contributed by atoms with van der Waals surface area (Å²) in [5, 5.41) is 18.4. The molecule has 5 rings (SSSR count). The Labute approximate surface area is 179 Å². The van der Waals surface area contributed by atoms with Crippen LogP contribution < -0.4 is 0 Å². The number of hydrogen-bond acceptors (Lipinski definition) is 4. The van der Waals surface area contributed by atoms with Gasteiger partial charge in [-0.05, 0) is 54.9 Å². The number of nitrogens with zero attached hydrogens (tertiary/aromatic N) is 3. The summed E-state index contributed by atoms with van der Waals surface area (Å²) in [4.78, 5) is 13.1. The van der Waals surface area contributed by atoms with Gasteiger partial charge < -0.3 is 14.7 Å². The normalized spacial score (nSPS) is 31.0. The number of ether oxygens (including phenoxy) is 1. The third-order valence-electron chi connectivity index (χ3n) is 8.05. The molecule has 6 nitrogen and oxygen atoms in total. The van der Waals surface area contributed by atoms with Crippen LogP contribution in [0.15, 0.2) is 24.3 Å². The number of carboxylic acid groups (broad SMARTS) is 1. The van der Waals surface area contributed by atoms with Crippen LogP contribution in [0.4, 0.5) is 13.6 Å². The maximum Gasteiger partial charge on any atom is 0.407 e. The molecule has 8 heteroatoms. The van der Waals surface area contributed by atoms with Gasteiger partial charge in [-0.1, -0.05) is 19.9 Å². The molecule has 3 aliphatic rings. The molecule has 3 atom stereocenters. The molecule has 0 spiro atoms. The highest BCUT2D eigenvalue weighted by molar-refractivity contribution is 5.66. The highest BCUT2D eigenvalue weighted by Gasteiger charge is 2.71. The van der Waals surface area contributed by atoms with E-state index in [1.165, 1.54) is 23.1 Å². The van der Waals surface area contributed by atoms with Crippen molar-refractivity contribution in [2.75, 3.05) is 19.7 Å². The third kappa shape index (κ3) is 2.48. The number of fused-ring (bicyclic) bond motifs is 5. The van der Waals surface area contributed by atoms with Crippen molar-refractivity contribution < 1.29 is 23.4 Å². The van der Waals surface area contributed by atoms with Crippen LogP contribution in [0.3, 0.4) is 0 Å². The monoisotopic (exact) mass is 429 g/mol. The number of halogens is 2. The summed E-state index contributed by atoms with van der Waals surface area (Å²) in [6.45, 7) is 7.16. The maximum atomic E-state index is 14.4. The second-order valence-electron chi connectivity index (χ2n) is 9.63. The van der Waals surface area contributed by atoms with Crippen molar-refractivity contribution in [1.82, 2.24) is 15.1 Å². The summed E-state index contributed by atoms with van der Waals surface area (Å²) in [7, 11) is 0. The van der Waals surface area contributed by atoms with E-state index in [-0.39, 0.29) is 29.1 Å². The summed E-state index contributed by atoms with van der Waals surface area (Å²) in [6.07, 6.45) is 0.702. The van der Waals surface area contributed by atoms with Gasteiger partial charge >= 0.3 is 6.09 Å². The van der Waals surface area contributed by atoms with Crippen molar-refractivity contribution in [3.8, 4) is 11.3 Å². The zero-order valence-corrected chi connectivity index (χ0v) is 17.8. The van der Waals surface area contributed by atoms with E-state index in [1.54, 1.807) is 6.07 Å². The van der Waals surface area contributed by atoms with Gasteiger partial charge in [0.2, 0.25) is 0 Å². The number of amides is 1. The van der Waals surface area contributed by atoms with Crippen LogP contribution in [0.5, 0.6) is 0 Å². The fourth-order valence-corrected chi connectivity index (χ4v) is 6.67. The molecule has 2 aliphatic carbocycles. The van der Waals surface area contributed by atoms with E-state index in [4.69, 9.17) is 4.74 Å². The predicted octanol–water partition coefficient (Wildman–Crippen LogP) is 4.35. The molecule has 2 heterocycles. The minimum Gasteiger partial charge on any atom is -0.465 e. The van der Waals surface area contributed by atoms with Crippen molar-refractivity contribution in [2.45, 2.75) is 50.5 Å².